The zero-order valence-electron chi connectivity index (χ0n) is 16.5. The van der Waals surface area contributed by atoms with Gasteiger partial charge in [0.15, 0.2) is 0 Å². The summed E-state index contributed by atoms with van der Waals surface area (Å²) in [4.78, 5) is 34.0. The highest BCUT2D eigenvalue weighted by atomic mass is 16.2. The van der Waals surface area contributed by atoms with Crippen molar-refractivity contribution in [2.75, 3.05) is 13.1 Å². The summed E-state index contributed by atoms with van der Waals surface area (Å²) in [5, 5.41) is 0. The van der Waals surface area contributed by atoms with E-state index < -0.39 is 0 Å². The first kappa shape index (κ1) is 19.3. The molecule has 144 valence electrons. The minimum atomic E-state index is -0.333. The van der Waals surface area contributed by atoms with Gasteiger partial charge in [0.25, 0.3) is 11.5 Å². The van der Waals surface area contributed by atoms with Crippen LogP contribution in [0, 0.1) is 12.8 Å². The normalized spacial score (nSPS) is 17.3. The Bertz CT molecular complexity index is 857. The second-order valence-electron chi connectivity index (χ2n) is 7.89. The summed E-state index contributed by atoms with van der Waals surface area (Å²) in [5.41, 5.74) is 2.52. The van der Waals surface area contributed by atoms with Gasteiger partial charge in [-0.3, -0.25) is 9.59 Å². The largest absolute Gasteiger partial charge is 0.338 e. The molecule has 2 aromatic rings. The first-order valence-corrected chi connectivity index (χ1v) is 9.88. The molecule has 1 fully saturated rings. The first-order valence-electron chi connectivity index (χ1n) is 9.88. The van der Waals surface area contributed by atoms with E-state index in [-0.39, 0.29) is 22.9 Å². The number of nitrogens with one attached hydrogen (secondary N) is 1. The number of aryl methyl sites for hydroxylation is 2. The fourth-order valence-electron chi connectivity index (χ4n) is 3.76. The minimum Gasteiger partial charge on any atom is -0.338 e. The van der Waals surface area contributed by atoms with Crippen molar-refractivity contribution in [2.24, 2.45) is 5.92 Å². The second kappa shape index (κ2) is 8.51. The molecule has 0 bridgehead atoms. The maximum Gasteiger partial charge on any atom is 0.263 e. The fourth-order valence-corrected chi connectivity index (χ4v) is 3.76. The molecule has 1 atom stereocenters. The van der Waals surface area contributed by atoms with E-state index in [0.717, 1.165) is 32.2 Å². The molecular weight excluding hydrogens is 338 g/mol. The molecule has 0 saturated carbocycles. The lowest BCUT2D eigenvalue weighted by molar-refractivity contribution is 0.0666. The van der Waals surface area contributed by atoms with Gasteiger partial charge in [0.2, 0.25) is 0 Å². The predicted octanol–water partition coefficient (Wildman–Crippen LogP) is 3.69. The molecule has 1 aromatic carbocycles. The molecule has 0 spiro atoms. The van der Waals surface area contributed by atoms with Crippen LogP contribution in [0.2, 0.25) is 0 Å². The van der Waals surface area contributed by atoms with Gasteiger partial charge in [0.05, 0.1) is 0 Å². The zero-order chi connectivity index (χ0) is 19.4. The van der Waals surface area contributed by atoms with Crippen LogP contribution < -0.4 is 5.56 Å². The summed E-state index contributed by atoms with van der Waals surface area (Å²) in [7, 11) is 0. The highest BCUT2D eigenvalue weighted by Crippen LogP contribution is 2.23. The van der Waals surface area contributed by atoms with Gasteiger partial charge < -0.3 is 9.88 Å². The van der Waals surface area contributed by atoms with Gasteiger partial charge in [0.1, 0.15) is 11.4 Å². The van der Waals surface area contributed by atoms with E-state index in [9.17, 15) is 9.59 Å². The molecule has 1 aromatic heterocycles. The van der Waals surface area contributed by atoms with Crippen molar-refractivity contribution in [3.05, 3.63) is 63.3 Å². The summed E-state index contributed by atoms with van der Waals surface area (Å²) < 4.78 is 0. The number of likely N-dealkylation sites (tertiary alicyclic amines) is 1. The number of piperidine rings is 1. The third-order valence-electron chi connectivity index (χ3n) is 5.49. The molecule has 27 heavy (non-hydrogen) atoms. The number of carbonyl (C=O) groups excluding carboxylic acids is 1. The molecular formula is C22H29N3O2. The van der Waals surface area contributed by atoms with E-state index in [1.807, 2.05) is 18.7 Å². The second-order valence-corrected chi connectivity index (χ2v) is 7.89. The molecule has 1 amide bonds. The van der Waals surface area contributed by atoms with Crippen LogP contribution in [-0.4, -0.2) is 33.9 Å². The van der Waals surface area contributed by atoms with Gasteiger partial charge in [-0.2, -0.15) is 0 Å². The number of nitrogens with zero attached hydrogens (tertiary/aromatic N) is 2. The van der Waals surface area contributed by atoms with Crippen molar-refractivity contribution in [1.29, 1.82) is 0 Å². The Balaban J connectivity index is 1.64. The Morgan fingerprint density at radius 2 is 2.11 bits per heavy atom. The van der Waals surface area contributed by atoms with E-state index in [0.29, 0.717) is 18.3 Å². The lowest BCUT2D eigenvalue weighted by Gasteiger charge is -2.32. The third-order valence-corrected chi connectivity index (χ3v) is 5.49. The topological polar surface area (TPSA) is 66.1 Å². The average Bonchev–Trinajstić information content (AvgIpc) is 2.67. The minimum absolute atomic E-state index is 0.127. The smallest absolute Gasteiger partial charge is 0.263 e. The van der Waals surface area contributed by atoms with Gasteiger partial charge >= 0.3 is 0 Å². The Kier molecular flexibility index (Phi) is 6.09. The number of amides is 1. The molecule has 0 radical (unpaired) electrons. The van der Waals surface area contributed by atoms with E-state index in [1.165, 1.54) is 17.3 Å². The molecule has 1 aliphatic heterocycles. The number of benzene rings is 1. The van der Waals surface area contributed by atoms with Crippen LogP contribution in [0.1, 0.15) is 66.3 Å². The quantitative estimate of drug-likeness (QED) is 0.876. The van der Waals surface area contributed by atoms with Crippen LogP contribution in [0.25, 0.3) is 0 Å². The summed E-state index contributed by atoms with van der Waals surface area (Å²) in [6.45, 7) is 7.50. The van der Waals surface area contributed by atoms with Crippen LogP contribution in [0.15, 0.2) is 35.3 Å². The fraction of sp³-hybridized carbons (Fsp3) is 0.500. The van der Waals surface area contributed by atoms with Crippen LogP contribution in [-0.2, 0) is 6.42 Å². The molecule has 1 saturated heterocycles. The third kappa shape index (κ3) is 4.65. The Hall–Kier alpha value is -2.43. The Morgan fingerprint density at radius 1 is 1.33 bits per heavy atom. The molecule has 5 heteroatoms. The highest BCUT2D eigenvalue weighted by Gasteiger charge is 2.26. The number of hydrogen-bond acceptors (Lipinski definition) is 3. The highest BCUT2D eigenvalue weighted by molar-refractivity contribution is 5.93. The van der Waals surface area contributed by atoms with E-state index >= 15 is 0 Å². The molecule has 3 rings (SSSR count). The van der Waals surface area contributed by atoms with Crippen molar-refractivity contribution >= 4 is 5.91 Å². The maximum atomic E-state index is 12.8. The van der Waals surface area contributed by atoms with Crippen molar-refractivity contribution in [3.63, 3.8) is 0 Å². The Morgan fingerprint density at radius 3 is 2.81 bits per heavy atom. The summed E-state index contributed by atoms with van der Waals surface area (Å²) >= 11 is 0. The van der Waals surface area contributed by atoms with Crippen molar-refractivity contribution in [3.8, 4) is 0 Å². The molecule has 0 aliphatic carbocycles. The van der Waals surface area contributed by atoms with E-state index in [2.05, 4.69) is 41.2 Å². The summed E-state index contributed by atoms with van der Waals surface area (Å²) in [6, 6.07) is 8.48. The first-order chi connectivity index (χ1) is 13.0. The predicted molar refractivity (Wildman–Crippen MR) is 107 cm³/mol. The molecule has 5 nitrogen and oxygen atoms in total. The monoisotopic (exact) mass is 367 g/mol. The number of hydrogen-bond donors (Lipinski definition) is 1. The number of rotatable bonds is 5. The average molecular weight is 367 g/mol. The van der Waals surface area contributed by atoms with Crippen molar-refractivity contribution in [2.45, 2.75) is 52.4 Å². The number of carbonyl (C=O) groups is 1. The van der Waals surface area contributed by atoms with Gasteiger partial charge in [-0.25, -0.2) is 4.98 Å². The molecule has 0 unspecified atom stereocenters. The SMILES string of the molecule is Cc1ccccc1CC[C@@H]1CCCN(C(=O)c2cnc(C(C)C)[nH]c2=O)C1. The maximum absolute atomic E-state index is 12.8. The van der Waals surface area contributed by atoms with Gasteiger partial charge in [0, 0.05) is 25.2 Å². The van der Waals surface area contributed by atoms with E-state index in [1.54, 1.807) is 0 Å². The lowest BCUT2D eigenvalue weighted by atomic mass is 9.90. The van der Waals surface area contributed by atoms with Crippen LogP contribution in [0.5, 0.6) is 0 Å². The van der Waals surface area contributed by atoms with Crippen molar-refractivity contribution in [1.82, 2.24) is 14.9 Å². The lowest BCUT2D eigenvalue weighted by Crippen LogP contribution is -2.42. The van der Waals surface area contributed by atoms with Crippen LogP contribution in [0.3, 0.4) is 0 Å². The summed E-state index contributed by atoms with van der Waals surface area (Å²) in [5.74, 6) is 1.03. The van der Waals surface area contributed by atoms with Gasteiger partial charge in [-0.1, -0.05) is 38.1 Å². The molecule has 1 N–H and O–H groups in total. The zero-order valence-corrected chi connectivity index (χ0v) is 16.5. The molecule has 1 aliphatic rings. The van der Waals surface area contributed by atoms with Crippen LogP contribution >= 0.6 is 0 Å². The van der Waals surface area contributed by atoms with Crippen molar-refractivity contribution < 1.29 is 4.79 Å². The number of aromatic amines is 1. The van der Waals surface area contributed by atoms with E-state index in [4.69, 9.17) is 0 Å². The van der Waals surface area contributed by atoms with Gasteiger partial charge in [-0.15, -0.1) is 0 Å². The number of H-pyrrole nitrogens is 1. The van der Waals surface area contributed by atoms with Gasteiger partial charge in [-0.05, 0) is 49.7 Å². The standard InChI is InChI=1S/C22H29N3O2/c1-15(2)20-23-13-19(21(26)24-20)22(27)25-12-6-8-17(14-25)10-11-18-9-5-4-7-16(18)3/h4-5,7,9,13,15,17H,6,8,10-12,14H2,1-3H3,(H,23,24,26)/t17-/m0/s1. The van der Waals surface area contributed by atoms with Crippen LogP contribution in [0.4, 0.5) is 0 Å². The molecule has 2 heterocycles. The number of aromatic nitrogens is 2. The summed E-state index contributed by atoms with van der Waals surface area (Å²) in [6.07, 6.45) is 5.66. The Labute approximate surface area is 160 Å².